The highest BCUT2D eigenvalue weighted by atomic mass is 32.1. The normalized spacial score (nSPS) is 16.2. The Hall–Kier alpha value is -2.28. The van der Waals surface area contributed by atoms with Crippen molar-refractivity contribution >= 4 is 28.2 Å². The van der Waals surface area contributed by atoms with Gasteiger partial charge in [-0.1, -0.05) is 13.3 Å². The van der Waals surface area contributed by atoms with Gasteiger partial charge in [0.05, 0.1) is 18.4 Å². The number of carbonyl (C=O) groups excluding carboxylic acids is 2. The summed E-state index contributed by atoms with van der Waals surface area (Å²) in [5.74, 6) is -0.113. The third kappa shape index (κ3) is 3.71. The SMILES string of the molecule is CCOC(=O)c1c(NC(=O)c2cnccn2)sc2c1CCC(CC)C2. The highest BCUT2D eigenvalue weighted by Gasteiger charge is 2.30. The van der Waals surface area contributed by atoms with Gasteiger partial charge < -0.3 is 10.1 Å². The van der Waals surface area contributed by atoms with E-state index in [-0.39, 0.29) is 17.6 Å². The van der Waals surface area contributed by atoms with Gasteiger partial charge in [0.25, 0.3) is 5.91 Å². The Kier molecular flexibility index (Phi) is 5.43. The largest absolute Gasteiger partial charge is 0.462 e. The lowest BCUT2D eigenvalue weighted by molar-refractivity contribution is 0.0526. The molecule has 3 rings (SSSR count). The van der Waals surface area contributed by atoms with E-state index in [1.165, 1.54) is 34.8 Å². The van der Waals surface area contributed by atoms with Crippen LogP contribution in [-0.2, 0) is 17.6 Å². The smallest absolute Gasteiger partial charge is 0.341 e. The maximum atomic E-state index is 12.5. The molecule has 0 saturated carbocycles. The minimum absolute atomic E-state index is 0.218. The van der Waals surface area contributed by atoms with Gasteiger partial charge in [-0.25, -0.2) is 9.78 Å². The van der Waals surface area contributed by atoms with Gasteiger partial charge in [0.1, 0.15) is 10.7 Å². The molecule has 7 heteroatoms. The first-order valence-corrected chi connectivity index (χ1v) is 9.34. The number of rotatable bonds is 5. The number of carbonyl (C=O) groups is 2. The molecule has 132 valence electrons. The van der Waals surface area contributed by atoms with Crippen molar-refractivity contribution in [2.24, 2.45) is 5.92 Å². The highest BCUT2D eigenvalue weighted by Crippen LogP contribution is 2.40. The molecule has 2 aromatic heterocycles. The second kappa shape index (κ2) is 7.74. The molecule has 0 aromatic carbocycles. The predicted molar refractivity (Wildman–Crippen MR) is 96.1 cm³/mol. The lowest BCUT2D eigenvalue weighted by Crippen LogP contribution is -2.17. The number of esters is 1. The summed E-state index contributed by atoms with van der Waals surface area (Å²) in [5.41, 5.74) is 1.76. The molecule has 1 amide bonds. The van der Waals surface area contributed by atoms with Crippen LogP contribution in [0.15, 0.2) is 18.6 Å². The van der Waals surface area contributed by atoms with E-state index in [1.807, 2.05) is 0 Å². The summed E-state index contributed by atoms with van der Waals surface area (Å²) in [6, 6.07) is 0. The Morgan fingerprint density at radius 2 is 2.20 bits per heavy atom. The monoisotopic (exact) mass is 359 g/mol. The van der Waals surface area contributed by atoms with Gasteiger partial charge in [0.15, 0.2) is 0 Å². The molecule has 1 unspecified atom stereocenters. The molecule has 0 radical (unpaired) electrons. The number of hydrogen-bond donors (Lipinski definition) is 1. The summed E-state index contributed by atoms with van der Waals surface area (Å²) in [6.45, 7) is 4.27. The number of amides is 1. The van der Waals surface area contributed by atoms with E-state index in [4.69, 9.17) is 4.74 Å². The Morgan fingerprint density at radius 1 is 1.36 bits per heavy atom. The maximum Gasteiger partial charge on any atom is 0.341 e. The average molecular weight is 359 g/mol. The van der Waals surface area contributed by atoms with Crippen LogP contribution in [0.4, 0.5) is 5.00 Å². The number of aromatic nitrogens is 2. The predicted octanol–water partition coefficient (Wildman–Crippen LogP) is 3.48. The van der Waals surface area contributed by atoms with E-state index in [1.54, 1.807) is 6.92 Å². The van der Waals surface area contributed by atoms with E-state index in [2.05, 4.69) is 22.2 Å². The summed E-state index contributed by atoms with van der Waals surface area (Å²) in [6.07, 6.45) is 8.35. The topological polar surface area (TPSA) is 81.2 Å². The van der Waals surface area contributed by atoms with E-state index < -0.39 is 0 Å². The van der Waals surface area contributed by atoms with Gasteiger partial charge in [-0.15, -0.1) is 11.3 Å². The number of hydrogen-bond acceptors (Lipinski definition) is 6. The fourth-order valence-corrected chi connectivity index (χ4v) is 4.44. The minimum atomic E-state index is -0.371. The van der Waals surface area contributed by atoms with Crippen molar-refractivity contribution < 1.29 is 14.3 Å². The van der Waals surface area contributed by atoms with Gasteiger partial charge in [0.2, 0.25) is 0 Å². The molecule has 25 heavy (non-hydrogen) atoms. The van der Waals surface area contributed by atoms with Crippen LogP contribution in [0.3, 0.4) is 0 Å². The molecular formula is C18H21N3O3S. The molecule has 1 aliphatic carbocycles. The van der Waals surface area contributed by atoms with E-state index >= 15 is 0 Å². The summed E-state index contributed by atoms with van der Waals surface area (Å²) < 4.78 is 5.22. The van der Waals surface area contributed by atoms with Gasteiger partial charge >= 0.3 is 5.97 Å². The van der Waals surface area contributed by atoms with Crippen LogP contribution in [0.25, 0.3) is 0 Å². The summed E-state index contributed by atoms with van der Waals surface area (Å²) in [5, 5.41) is 3.38. The molecule has 2 aromatic rings. The van der Waals surface area contributed by atoms with E-state index in [0.717, 1.165) is 31.2 Å². The number of fused-ring (bicyclic) bond motifs is 1. The van der Waals surface area contributed by atoms with Crippen molar-refractivity contribution in [1.82, 2.24) is 9.97 Å². The number of thiophene rings is 1. The third-order valence-electron chi connectivity index (χ3n) is 4.45. The molecule has 2 heterocycles. The van der Waals surface area contributed by atoms with Crippen LogP contribution >= 0.6 is 11.3 Å². The quantitative estimate of drug-likeness (QED) is 0.827. The number of nitrogens with one attached hydrogen (secondary N) is 1. The molecule has 0 fully saturated rings. The van der Waals surface area contributed by atoms with Crippen LogP contribution in [-0.4, -0.2) is 28.5 Å². The van der Waals surface area contributed by atoms with E-state index in [0.29, 0.717) is 23.1 Å². The molecule has 0 spiro atoms. The van der Waals surface area contributed by atoms with Gasteiger partial charge in [-0.3, -0.25) is 9.78 Å². The number of anilines is 1. The molecular weight excluding hydrogens is 338 g/mol. The first kappa shape index (κ1) is 17.5. The minimum Gasteiger partial charge on any atom is -0.462 e. The Balaban J connectivity index is 1.93. The van der Waals surface area contributed by atoms with Crippen LogP contribution in [0, 0.1) is 5.92 Å². The van der Waals surface area contributed by atoms with Crippen LogP contribution in [0.2, 0.25) is 0 Å². The number of ether oxygens (including phenoxy) is 1. The molecule has 1 N–H and O–H groups in total. The summed E-state index contributed by atoms with van der Waals surface area (Å²) >= 11 is 1.48. The second-order valence-corrected chi connectivity index (χ2v) is 7.10. The highest BCUT2D eigenvalue weighted by molar-refractivity contribution is 7.17. The van der Waals surface area contributed by atoms with Crippen molar-refractivity contribution in [1.29, 1.82) is 0 Å². The summed E-state index contributed by atoms with van der Waals surface area (Å²) in [4.78, 5) is 34.0. The molecule has 1 aliphatic rings. The lowest BCUT2D eigenvalue weighted by Gasteiger charge is -2.20. The zero-order chi connectivity index (χ0) is 17.8. The third-order valence-corrected chi connectivity index (χ3v) is 5.62. The average Bonchev–Trinajstić information content (AvgIpc) is 2.99. The number of nitrogens with zero attached hydrogens (tertiary/aromatic N) is 2. The van der Waals surface area contributed by atoms with Crippen molar-refractivity contribution in [2.45, 2.75) is 39.5 Å². The lowest BCUT2D eigenvalue weighted by atomic mass is 9.85. The fourth-order valence-electron chi connectivity index (χ4n) is 3.09. The standard InChI is InChI=1S/C18H21N3O3S/c1-3-11-5-6-12-14(9-11)25-17(15(12)18(23)24-4-2)21-16(22)13-10-19-7-8-20-13/h7-8,10-11H,3-6,9H2,1-2H3,(H,21,22). The fraction of sp³-hybridized carbons (Fsp3) is 0.444. The zero-order valence-corrected chi connectivity index (χ0v) is 15.2. The second-order valence-electron chi connectivity index (χ2n) is 5.99. The molecule has 0 bridgehead atoms. The molecule has 0 saturated heterocycles. The van der Waals surface area contributed by atoms with Crippen LogP contribution < -0.4 is 5.32 Å². The van der Waals surface area contributed by atoms with Gasteiger partial charge in [-0.05, 0) is 37.7 Å². The van der Waals surface area contributed by atoms with Crippen LogP contribution in [0.1, 0.15) is 58.0 Å². The van der Waals surface area contributed by atoms with Crippen molar-refractivity contribution in [3.05, 3.63) is 40.3 Å². The van der Waals surface area contributed by atoms with Crippen molar-refractivity contribution in [3.8, 4) is 0 Å². The summed E-state index contributed by atoms with van der Waals surface area (Å²) in [7, 11) is 0. The van der Waals surface area contributed by atoms with Gasteiger partial charge in [-0.2, -0.15) is 0 Å². The molecule has 1 atom stereocenters. The maximum absolute atomic E-state index is 12.5. The van der Waals surface area contributed by atoms with E-state index in [9.17, 15) is 9.59 Å². The first-order chi connectivity index (χ1) is 12.1. The van der Waals surface area contributed by atoms with Crippen LogP contribution in [0.5, 0.6) is 0 Å². The Bertz CT molecular complexity index is 773. The first-order valence-electron chi connectivity index (χ1n) is 8.53. The van der Waals surface area contributed by atoms with Crippen molar-refractivity contribution in [3.63, 3.8) is 0 Å². The Labute approximate surface area is 150 Å². The molecule has 6 nitrogen and oxygen atoms in total. The Morgan fingerprint density at radius 3 is 2.88 bits per heavy atom. The van der Waals surface area contributed by atoms with Crippen molar-refractivity contribution in [2.75, 3.05) is 11.9 Å². The zero-order valence-electron chi connectivity index (χ0n) is 14.4. The molecule has 0 aliphatic heterocycles. The van der Waals surface area contributed by atoms with Gasteiger partial charge in [0, 0.05) is 17.3 Å².